The quantitative estimate of drug-likeness (QED) is 0.929. The molecule has 1 N–H and O–H groups in total. The number of rotatable bonds is 3. The number of carbonyl (C=O) groups excluding carboxylic acids is 1. The highest BCUT2D eigenvalue weighted by Gasteiger charge is 2.27. The summed E-state index contributed by atoms with van der Waals surface area (Å²) in [6.45, 7) is 9.19. The maximum absolute atomic E-state index is 12.2. The van der Waals surface area contributed by atoms with Gasteiger partial charge in [-0.2, -0.15) is 0 Å². The molecule has 1 heterocycles. The zero-order valence-electron chi connectivity index (χ0n) is 13.3. The molecule has 2 rings (SSSR count). The molecule has 0 saturated carbocycles. The molecular formula is C17H25NO3. The number of carbonyl (C=O) groups is 1. The SMILES string of the molecule is Cc1cc(C)c(OCC(=O)N2CCC(C)C(O)C2)c(C)c1. The van der Waals surface area contributed by atoms with E-state index in [-0.39, 0.29) is 18.4 Å². The molecule has 1 saturated heterocycles. The van der Waals surface area contributed by atoms with E-state index in [4.69, 9.17) is 4.74 Å². The largest absolute Gasteiger partial charge is 0.483 e. The Morgan fingerprint density at radius 3 is 2.52 bits per heavy atom. The number of aliphatic hydroxyl groups excluding tert-OH is 1. The van der Waals surface area contributed by atoms with Gasteiger partial charge in [0.2, 0.25) is 0 Å². The van der Waals surface area contributed by atoms with Crippen LogP contribution >= 0.6 is 0 Å². The number of β-amino-alcohol motifs (C(OH)–C–C–N with tert-alkyl or cyclic N) is 1. The van der Waals surface area contributed by atoms with Crippen LogP contribution in [-0.2, 0) is 4.79 Å². The molecule has 1 aromatic rings. The zero-order valence-corrected chi connectivity index (χ0v) is 13.3. The number of aryl methyl sites for hydroxylation is 3. The minimum Gasteiger partial charge on any atom is -0.483 e. The third-order valence-electron chi connectivity index (χ3n) is 4.22. The van der Waals surface area contributed by atoms with Gasteiger partial charge in [-0.3, -0.25) is 4.79 Å². The van der Waals surface area contributed by atoms with Crippen LogP contribution in [0.3, 0.4) is 0 Å². The Morgan fingerprint density at radius 1 is 1.33 bits per heavy atom. The number of ether oxygens (including phenoxy) is 1. The number of amides is 1. The maximum Gasteiger partial charge on any atom is 0.260 e. The van der Waals surface area contributed by atoms with E-state index in [2.05, 4.69) is 12.1 Å². The number of nitrogens with zero attached hydrogens (tertiary/aromatic N) is 1. The lowest BCUT2D eigenvalue weighted by molar-refractivity contribution is -0.137. The van der Waals surface area contributed by atoms with Crippen molar-refractivity contribution in [1.29, 1.82) is 0 Å². The average Bonchev–Trinajstić information content (AvgIpc) is 2.40. The molecule has 1 aromatic carbocycles. The molecule has 0 radical (unpaired) electrons. The molecule has 0 bridgehead atoms. The fourth-order valence-electron chi connectivity index (χ4n) is 2.90. The van der Waals surface area contributed by atoms with E-state index in [1.54, 1.807) is 4.90 Å². The molecule has 0 aromatic heterocycles. The summed E-state index contributed by atoms with van der Waals surface area (Å²) in [7, 11) is 0. The molecular weight excluding hydrogens is 266 g/mol. The van der Waals surface area contributed by atoms with Crippen LogP contribution < -0.4 is 4.74 Å². The van der Waals surface area contributed by atoms with Crippen LogP contribution in [0.4, 0.5) is 0 Å². The van der Waals surface area contributed by atoms with Crippen LogP contribution in [-0.4, -0.2) is 41.7 Å². The highest BCUT2D eigenvalue weighted by Crippen LogP contribution is 2.25. The first kappa shape index (κ1) is 15.8. The fourth-order valence-corrected chi connectivity index (χ4v) is 2.90. The summed E-state index contributed by atoms with van der Waals surface area (Å²) >= 11 is 0. The summed E-state index contributed by atoms with van der Waals surface area (Å²) in [4.78, 5) is 13.9. The van der Waals surface area contributed by atoms with Crippen molar-refractivity contribution in [2.45, 2.75) is 40.2 Å². The predicted molar refractivity (Wildman–Crippen MR) is 82.5 cm³/mol. The molecule has 0 aliphatic carbocycles. The minimum atomic E-state index is -0.425. The summed E-state index contributed by atoms with van der Waals surface area (Å²) in [5.74, 6) is 0.997. The van der Waals surface area contributed by atoms with Crippen LogP contribution in [0, 0.1) is 26.7 Å². The van der Waals surface area contributed by atoms with Gasteiger partial charge in [-0.1, -0.05) is 24.6 Å². The van der Waals surface area contributed by atoms with E-state index >= 15 is 0 Å². The van der Waals surface area contributed by atoms with E-state index in [1.165, 1.54) is 5.56 Å². The van der Waals surface area contributed by atoms with Gasteiger partial charge in [-0.25, -0.2) is 0 Å². The van der Waals surface area contributed by atoms with Crippen molar-refractivity contribution >= 4 is 5.91 Å². The van der Waals surface area contributed by atoms with Gasteiger partial charge in [0, 0.05) is 13.1 Å². The van der Waals surface area contributed by atoms with E-state index in [1.807, 2.05) is 27.7 Å². The van der Waals surface area contributed by atoms with Crippen molar-refractivity contribution < 1.29 is 14.6 Å². The Hall–Kier alpha value is -1.55. The molecule has 116 valence electrons. The molecule has 1 aliphatic rings. The lowest BCUT2D eigenvalue weighted by atomic mass is 9.96. The van der Waals surface area contributed by atoms with Gasteiger partial charge in [0.1, 0.15) is 5.75 Å². The second-order valence-electron chi connectivity index (χ2n) is 6.19. The molecule has 2 unspecified atom stereocenters. The summed E-state index contributed by atoms with van der Waals surface area (Å²) < 4.78 is 5.73. The monoisotopic (exact) mass is 291 g/mol. The topological polar surface area (TPSA) is 49.8 Å². The zero-order chi connectivity index (χ0) is 15.6. The number of hydrogen-bond donors (Lipinski definition) is 1. The Balaban J connectivity index is 1.96. The number of piperidine rings is 1. The Labute approximate surface area is 126 Å². The molecule has 1 aliphatic heterocycles. The average molecular weight is 291 g/mol. The van der Waals surface area contributed by atoms with Crippen molar-refractivity contribution in [2.75, 3.05) is 19.7 Å². The smallest absolute Gasteiger partial charge is 0.260 e. The third-order valence-corrected chi connectivity index (χ3v) is 4.22. The van der Waals surface area contributed by atoms with Gasteiger partial charge >= 0.3 is 0 Å². The predicted octanol–water partition coefficient (Wildman–Crippen LogP) is 2.22. The van der Waals surface area contributed by atoms with E-state index < -0.39 is 6.10 Å². The van der Waals surface area contributed by atoms with E-state index in [0.29, 0.717) is 13.1 Å². The number of aliphatic hydroxyl groups is 1. The standard InChI is InChI=1S/C17H25NO3/c1-11-7-13(3)17(14(4)8-11)21-10-16(20)18-6-5-12(2)15(19)9-18/h7-8,12,15,19H,5-6,9-10H2,1-4H3. The van der Waals surface area contributed by atoms with Gasteiger partial charge < -0.3 is 14.7 Å². The van der Waals surface area contributed by atoms with E-state index in [0.717, 1.165) is 23.3 Å². The second-order valence-corrected chi connectivity index (χ2v) is 6.19. The number of hydrogen-bond acceptors (Lipinski definition) is 3. The van der Waals surface area contributed by atoms with Crippen molar-refractivity contribution in [3.63, 3.8) is 0 Å². The Bertz CT molecular complexity index is 504. The molecule has 1 amide bonds. The lowest BCUT2D eigenvalue weighted by Gasteiger charge is -2.34. The van der Waals surface area contributed by atoms with Gasteiger partial charge in [-0.15, -0.1) is 0 Å². The van der Waals surface area contributed by atoms with Crippen LogP contribution in [0.15, 0.2) is 12.1 Å². The van der Waals surface area contributed by atoms with Gasteiger partial charge in [0.25, 0.3) is 5.91 Å². The Kier molecular flexibility index (Phi) is 4.88. The molecule has 21 heavy (non-hydrogen) atoms. The molecule has 2 atom stereocenters. The minimum absolute atomic E-state index is 0.0336. The number of likely N-dealkylation sites (tertiary alicyclic amines) is 1. The van der Waals surface area contributed by atoms with Crippen LogP contribution in [0.2, 0.25) is 0 Å². The highest BCUT2D eigenvalue weighted by atomic mass is 16.5. The third kappa shape index (κ3) is 3.76. The molecule has 0 spiro atoms. The first-order chi connectivity index (χ1) is 9.88. The van der Waals surface area contributed by atoms with Gasteiger partial charge in [0.05, 0.1) is 6.10 Å². The Morgan fingerprint density at radius 2 is 1.95 bits per heavy atom. The van der Waals surface area contributed by atoms with Crippen molar-refractivity contribution in [3.05, 3.63) is 28.8 Å². The highest BCUT2D eigenvalue weighted by molar-refractivity contribution is 5.78. The molecule has 4 heteroatoms. The second kappa shape index (κ2) is 6.48. The van der Waals surface area contributed by atoms with Crippen molar-refractivity contribution in [2.24, 2.45) is 5.92 Å². The lowest BCUT2D eigenvalue weighted by Crippen LogP contribution is -2.47. The van der Waals surface area contributed by atoms with Gasteiger partial charge in [0.15, 0.2) is 6.61 Å². The molecule has 4 nitrogen and oxygen atoms in total. The number of benzene rings is 1. The van der Waals surface area contributed by atoms with Crippen molar-refractivity contribution in [3.8, 4) is 5.75 Å². The van der Waals surface area contributed by atoms with Crippen LogP contribution in [0.25, 0.3) is 0 Å². The van der Waals surface area contributed by atoms with E-state index in [9.17, 15) is 9.90 Å². The normalized spacial score (nSPS) is 22.2. The van der Waals surface area contributed by atoms with Crippen molar-refractivity contribution in [1.82, 2.24) is 4.90 Å². The summed E-state index contributed by atoms with van der Waals surface area (Å²) in [5.41, 5.74) is 3.29. The summed E-state index contributed by atoms with van der Waals surface area (Å²) in [6.07, 6.45) is 0.417. The molecule has 1 fully saturated rings. The first-order valence-electron chi connectivity index (χ1n) is 7.55. The van der Waals surface area contributed by atoms with Gasteiger partial charge in [-0.05, 0) is 44.2 Å². The maximum atomic E-state index is 12.2. The van der Waals surface area contributed by atoms with Crippen LogP contribution in [0.1, 0.15) is 30.0 Å². The van der Waals surface area contributed by atoms with Crippen LogP contribution in [0.5, 0.6) is 5.75 Å². The summed E-state index contributed by atoms with van der Waals surface area (Å²) in [6, 6.07) is 4.11. The fraction of sp³-hybridized carbons (Fsp3) is 0.588. The summed E-state index contributed by atoms with van der Waals surface area (Å²) in [5, 5.41) is 9.87. The first-order valence-corrected chi connectivity index (χ1v) is 7.55.